The molecule has 0 saturated heterocycles. The number of aliphatic imine (C=N–C) groups is 1. The van der Waals surface area contributed by atoms with E-state index in [0.717, 1.165) is 17.3 Å². The molecule has 0 aliphatic carbocycles. The summed E-state index contributed by atoms with van der Waals surface area (Å²) in [4.78, 5) is 10.5. The molecule has 0 saturated carbocycles. The maximum absolute atomic E-state index is 13.0. The van der Waals surface area contributed by atoms with E-state index in [1.165, 1.54) is 12.1 Å². The Morgan fingerprint density at radius 3 is 2.44 bits per heavy atom. The Balaban J connectivity index is 0.00000312. The molecule has 25 heavy (non-hydrogen) atoms. The summed E-state index contributed by atoms with van der Waals surface area (Å²) in [7, 11) is 3.65. The number of nitrogens with zero attached hydrogens (tertiary/aromatic N) is 3. The maximum atomic E-state index is 13.0. The molecule has 1 aromatic carbocycles. The Hall–Kier alpha value is -1.64. The second kappa shape index (κ2) is 9.17. The van der Waals surface area contributed by atoms with E-state index in [1.54, 1.807) is 25.4 Å². The molecule has 0 spiro atoms. The van der Waals surface area contributed by atoms with Crippen LogP contribution >= 0.6 is 24.0 Å². The van der Waals surface area contributed by atoms with E-state index in [2.05, 4.69) is 36.1 Å². The van der Waals surface area contributed by atoms with E-state index >= 15 is 0 Å². The van der Waals surface area contributed by atoms with Crippen molar-refractivity contribution in [1.82, 2.24) is 15.2 Å². The molecular weight excluding hydrogens is 434 g/mol. The third-order valence-electron chi connectivity index (χ3n) is 3.60. The zero-order valence-electron chi connectivity index (χ0n) is 15.3. The van der Waals surface area contributed by atoms with E-state index in [9.17, 15) is 4.39 Å². The molecule has 0 radical (unpaired) electrons. The first-order valence-corrected chi connectivity index (χ1v) is 7.91. The van der Waals surface area contributed by atoms with Gasteiger partial charge in [0, 0.05) is 26.1 Å². The van der Waals surface area contributed by atoms with Crippen LogP contribution in [0.2, 0.25) is 0 Å². The number of rotatable bonds is 4. The standard InChI is InChI=1S/C18H25FN4O.HI/c1-18(2,3)15-10-21-16(24-15)11-22-17(20-4)23(5)12-13-6-8-14(19)9-7-13;/h6-10H,11-12H2,1-5H3,(H,20,22);1H. The van der Waals surface area contributed by atoms with E-state index < -0.39 is 0 Å². The minimum atomic E-state index is -0.234. The summed E-state index contributed by atoms with van der Waals surface area (Å²) in [5, 5.41) is 3.23. The molecule has 7 heteroatoms. The van der Waals surface area contributed by atoms with Gasteiger partial charge in [0.05, 0.1) is 12.7 Å². The van der Waals surface area contributed by atoms with Crippen LogP contribution in [0.4, 0.5) is 4.39 Å². The van der Waals surface area contributed by atoms with Gasteiger partial charge in [0.2, 0.25) is 5.89 Å². The summed E-state index contributed by atoms with van der Waals surface area (Å²) in [6.45, 7) is 7.33. The van der Waals surface area contributed by atoms with Crippen LogP contribution in [0.15, 0.2) is 39.9 Å². The van der Waals surface area contributed by atoms with Crippen LogP contribution in [-0.2, 0) is 18.5 Å². The van der Waals surface area contributed by atoms with Crippen molar-refractivity contribution in [2.45, 2.75) is 39.3 Å². The Bertz CT molecular complexity index is 692. The molecule has 0 aliphatic rings. The van der Waals surface area contributed by atoms with Crippen LogP contribution in [-0.4, -0.2) is 29.9 Å². The van der Waals surface area contributed by atoms with Gasteiger partial charge in [-0.15, -0.1) is 24.0 Å². The van der Waals surface area contributed by atoms with Crippen LogP contribution in [0.25, 0.3) is 0 Å². The Morgan fingerprint density at radius 2 is 1.92 bits per heavy atom. The lowest BCUT2D eigenvalue weighted by atomic mass is 9.94. The molecule has 5 nitrogen and oxygen atoms in total. The van der Waals surface area contributed by atoms with Gasteiger partial charge < -0.3 is 14.6 Å². The molecule has 0 unspecified atom stereocenters. The van der Waals surface area contributed by atoms with E-state index in [4.69, 9.17) is 4.42 Å². The summed E-state index contributed by atoms with van der Waals surface area (Å²) < 4.78 is 18.7. The van der Waals surface area contributed by atoms with Crippen LogP contribution in [0.1, 0.15) is 38.0 Å². The predicted octanol–water partition coefficient (Wildman–Crippen LogP) is 3.94. The van der Waals surface area contributed by atoms with Crippen LogP contribution in [0, 0.1) is 5.82 Å². The average molecular weight is 460 g/mol. The second-order valence-corrected chi connectivity index (χ2v) is 6.75. The minimum absolute atomic E-state index is 0. The van der Waals surface area contributed by atoms with Gasteiger partial charge >= 0.3 is 0 Å². The fourth-order valence-electron chi connectivity index (χ4n) is 2.22. The molecule has 0 aliphatic heterocycles. The molecular formula is C18H26FIN4O. The summed E-state index contributed by atoms with van der Waals surface area (Å²) in [6, 6.07) is 6.45. The van der Waals surface area contributed by atoms with Gasteiger partial charge in [0.15, 0.2) is 5.96 Å². The molecule has 1 N–H and O–H groups in total. The summed E-state index contributed by atoms with van der Waals surface area (Å²) in [6.07, 6.45) is 1.77. The van der Waals surface area contributed by atoms with Crippen molar-refractivity contribution < 1.29 is 8.81 Å². The number of benzene rings is 1. The lowest BCUT2D eigenvalue weighted by Crippen LogP contribution is -2.38. The van der Waals surface area contributed by atoms with Crippen molar-refractivity contribution >= 4 is 29.9 Å². The van der Waals surface area contributed by atoms with Gasteiger partial charge in [-0.25, -0.2) is 9.37 Å². The normalized spacial score (nSPS) is 11.8. The maximum Gasteiger partial charge on any atom is 0.213 e. The van der Waals surface area contributed by atoms with Crippen molar-refractivity contribution in [2.24, 2.45) is 4.99 Å². The molecule has 0 bridgehead atoms. The molecule has 1 heterocycles. The lowest BCUT2D eigenvalue weighted by molar-refractivity contribution is 0.376. The smallest absolute Gasteiger partial charge is 0.213 e. The minimum Gasteiger partial charge on any atom is -0.443 e. The van der Waals surface area contributed by atoms with Gasteiger partial charge in [0.1, 0.15) is 11.6 Å². The number of hydrogen-bond donors (Lipinski definition) is 1. The van der Waals surface area contributed by atoms with Gasteiger partial charge in [-0.05, 0) is 17.7 Å². The molecule has 0 atom stereocenters. The largest absolute Gasteiger partial charge is 0.443 e. The summed E-state index contributed by atoms with van der Waals surface area (Å²) in [5.74, 6) is 1.96. The number of halogens is 2. The highest BCUT2D eigenvalue weighted by Gasteiger charge is 2.19. The Morgan fingerprint density at radius 1 is 1.28 bits per heavy atom. The van der Waals surface area contributed by atoms with Crippen molar-refractivity contribution in [3.63, 3.8) is 0 Å². The van der Waals surface area contributed by atoms with Crippen molar-refractivity contribution in [2.75, 3.05) is 14.1 Å². The van der Waals surface area contributed by atoms with Gasteiger partial charge in [-0.3, -0.25) is 4.99 Å². The fourth-order valence-corrected chi connectivity index (χ4v) is 2.22. The van der Waals surface area contributed by atoms with Gasteiger partial charge in [-0.1, -0.05) is 32.9 Å². The van der Waals surface area contributed by atoms with E-state index in [0.29, 0.717) is 19.0 Å². The molecule has 2 rings (SSSR count). The highest BCUT2D eigenvalue weighted by molar-refractivity contribution is 14.0. The van der Waals surface area contributed by atoms with Crippen LogP contribution in [0.5, 0.6) is 0 Å². The van der Waals surface area contributed by atoms with Gasteiger partial charge in [-0.2, -0.15) is 0 Å². The van der Waals surface area contributed by atoms with E-state index in [-0.39, 0.29) is 35.2 Å². The third-order valence-corrected chi connectivity index (χ3v) is 3.60. The van der Waals surface area contributed by atoms with Crippen molar-refractivity contribution in [1.29, 1.82) is 0 Å². The number of hydrogen-bond acceptors (Lipinski definition) is 3. The summed E-state index contributed by atoms with van der Waals surface area (Å²) in [5.41, 5.74) is 0.944. The van der Waals surface area contributed by atoms with Gasteiger partial charge in [0.25, 0.3) is 0 Å². The number of nitrogens with one attached hydrogen (secondary N) is 1. The quantitative estimate of drug-likeness (QED) is 0.427. The highest BCUT2D eigenvalue weighted by atomic mass is 127. The first kappa shape index (κ1) is 21.4. The first-order valence-electron chi connectivity index (χ1n) is 7.91. The van der Waals surface area contributed by atoms with Crippen molar-refractivity contribution in [3.8, 4) is 0 Å². The zero-order chi connectivity index (χ0) is 17.7. The monoisotopic (exact) mass is 460 g/mol. The van der Waals surface area contributed by atoms with E-state index in [1.807, 2.05) is 11.9 Å². The number of guanidine groups is 1. The molecule has 1 aromatic heterocycles. The first-order chi connectivity index (χ1) is 11.3. The molecule has 138 valence electrons. The molecule has 0 fully saturated rings. The molecule has 0 amide bonds. The number of aromatic nitrogens is 1. The Labute approximate surface area is 165 Å². The van der Waals surface area contributed by atoms with Crippen molar-refractivity contribution in [3.05, 3.63) is 53.5 Å². The SMILES string of the molecule is CN=C(NCc1ncc(C(C)(C)C)o1)N(C)Cc1ccc(F)cc1.I. The third kappa shape index (κ3) is 6.30. The number of oxazole rings is 1. The fraction of sp³-hybridized carbons (Fsp3) is 0.444. The summed E-state index contributed by atoms with van der Waals surface area (Å²) >= 11 is 0. The van der Waals surface area contributed by atoms with Crippen LogP contribution < -0.4 is 5.32 Å². The Kier molecular flexibility index (Phi) is 7.85. The molecule has 2 aromatic rings. The zero-order valence-corrected chi connectivity index (χ0v) is 17.7. The predicted molar refractivity (Wildman–Crippen MR) is 109 cm³/mol. The second-order valence-electron chi connectivity index (χ2n) is 6.75. The lowest BCUT2D eigenvalue weighted by Gasteiger charge is -2.21. The topological polar surface area (TPSA) is 53.7 Å². The van der Waals surface area contributed by atoms with Crippen LogP contribution in [0.3, 0.4) is 0 Å². The average Bonchev–Trinajstić information content (AvgIpc) is 2.99. The highest BCUT2D eigenvalue weighted by Crippen LogP contribution is 2.22.